The number of hydrogen-bond donors (Lipinski definition) is 3. The summed E-state index contributed by atoms with van der Waals surface area (Å²) in [6.07, 6.45) is -4.58. The fourth-order valence-electron chi connectivity index (χ4n) is 1.38. The third-order valence-electron chi connectivity index (χ3n) is 2.09. The minimum absolute atomic E-state index is 0.236. The number of aliphatic hydroxyl groups is 3. The van der Waals surface area contributed by atoms with Crippen molar-refractivity contribution in [1.29, 1.82) is 0 Å². The third-order valence-corrected chi connectivity index (χ3v) is 2.09. The molecule has 0 aliphatic carbocycles. The second-order valence-electron chi connectivity index (χ2n) is 2.85. The Morgan fingerprint density at radius 1 is 1.00 bits per heavy atom. The zero-order chi connectivity index (χ0) is 8.01. The van der Waals surface area contributed by atoms with Crippen molar-refractivity contribution in [2.45, 2.75) is 30.7 Å². The van der Waals surface area contributed by atoms with Gasteiger partial charge in [0.25, 0.3) is 0 Å². The van der Waals surface area contributed by atoms with Crippen molar-refractivity contribution in [3.63, 3.8) is 0 Å². The first-order valence-electron chi connectivity index (χ1n) is 3.51. The van der Waals surface area contributed by atoms with Crippen molar-refractivity contribution >= 4 is 0 Å². The van der Waals surface area contributed by atoms with Crippen molar-refractivity contribution in [2.24, 2.45) is 0 Å². The standard InChI is InChI=1S/C6H10O5/c7-3-2-1-10-6(11-2)5(9)4(3)8/h2-9H,1H2/t2-,3-,4-,5+,6?/m1/s1. The van der Waals surface area contributed by atoms with Gasteiger partial charge in [-0.15, -0.1) is 0 Å². The molecule has 5 heteroatoms. The van der Waals surface area contributed by atoms with Crippen LogP contribution in [-0.2, 0) is 9.47 Å². The van der Waals surface area contributed by atoms with Crippen LogP contribution >= 0.6 is 0 Å². The summed E-state index contributed by atoms with van der Waals surface area (Å²) < 4.78 is 9.95. The number of ether oxygens (including phenoxy) is 2. The van der Waals surface area contributed by atoms with Gasteiger partial charge in [-0.25, -0.2) is 0 Å². The van der Waals surface area contributed by atoms with E-state index >= 15 is 0 Å². The van der Waals surface area contributed by atoms with Gasteiger partial charge in [0.15, 0.2) is 6.29 Å². The largest absolute Gasteiger partial charge is 0.387 e. The third kappa shape index (κ3) is 0.969. The highest BCUT2D eigenvalue weighted by molar-refractivity contribution is 4.92. The molecular weight excluding hydrogens is 152 g/mol. The molecule has 0 saturated carbocycles. The summed E-state index contributed by atoms with van der Waals surface area (Å²) in [5.74, 6) is 0. The Bertz CT molecular complexity index is 141. The highest BCUT2D eigenvalue weighted by atomic mass is 16.7. The van der Waals surface area contributed by atoms with Gasteiger partial charge in [0.1, 0.15) is 24.4 Å². The number of fused-ring (bicyclic) bond motifs is 2. The molecule has 2 heterocycles. The first kappa shape index (κ1) is 7.45. The van der Waals surface area contributed by atoms with Crippen LogP contribution in [0.1, 0.15) is 0 Å². The molecule has 2 aliphatic heterocycles. The van der Waals surface area contributed by atoms with E-state index in [1.165, 1.54) is 0 Å². The Morgan fingerprint density at radius 3 is 2.45 bits per heavy atom. The summed E-state index contributed by atoms with van der Waals surface area (Å²) in [6.45, 7) is 0.236. The minimum Gasteiger partial charge on any atom is -0.387 e. The van der Waals surface area contributed by atoms with Gasteiger partial charge in [0, 0.05) is 0 Å². The maximum Gasteiger partial charge on any atom is 0.186 e. The Balaban J connectivity index is 2.16. The molecule has 0 aromatic rings. The van der Waals surface area contributed by atoms with E-state index < -0.39 is 30.7 Å². The molecule has 2 saturated heterocycles. The molecule has 5 nitrogen and oxygen atoms in total. The Labute approximate surface area is 63.2 Å². The molecule has 1 unspecified atom stereocenters. The second kappa shape index (κ2) is 2.40. The number of hydrogen-bond acceptors (Lipinski definition) is 5. The average molecular weight is 162 g/mol. The molecule has 2 rings (SSSR count). The molecule has 0 radical (unpaired) electrons. The van der Waals surface area contributed by atoms with E-state index in [1.807, 2.05) is 0 Å². The summed E-state index contributed by atoms with van der Waals surface area (Å²) in [4.78, 5) is 0. The predicted octanol–water partition coefficient (Wildman–Crippen LogP) is -2.18. The highest BCUT2D eigenvalue weighted by Crippen LogP contribution is 2.27. The number of rotatable bonds is 0. The fraction of sp³-hybridized carbons (Fsp3) is 1.00. The number of aliphatic hydroxyl groups excluding tert-OH is 3. The molecule has 2 fully saturated rings. The molecule has 2 aliphatic rings. The first-order chi connectivity index (χ1) is 5.20. The van der Waals surface area contributed by atoms with Gasteiger partial charge in [-0.3, -0.25) is 0 Å². The van der Waals surface area contributed by atoms with Gasteiger partial charge in [-0.1, -0.05) is 0 Å². The van der Waals surface area contributed by atoms with Gasteiger partial charge >= 0.3 is 0 Å². The van der Waals surface area contributed by atoms with E-state index in [0.717, 1.165) is 0 Å². The van der Waals surface area contributed by atoms with Gasteiger partial charge in [0.05, 0.1) is 6.61 Å². The van der Waals surface area contributed by atoms with Gasteiger partial charge < -0.3 is 24.8 Å². The lowest BCUT2D eigenvalue weighted by atomic mass is 10.0. The minimum atomic E-state index is -1.15. The van der Waals surface area contributed by atoms with E-state index in [2.05, 4.69) is 0 Å². The van der Waals surface area contributed by atoms with Crippen LogP contribution in [0.3, 0.4) is 0 Å². The Morgan fingerprint density at radius 2 is 1.73 bits per heavy atom. The lowest BCUT2D eigenvalue weighted by Gasteiger charge is -2.32. The van der Waals surface area contributed by atoms with Crippen LogP contribution in [0.25, 0.3) is 0 Å². The molecule has 64 valence electrons. The summed E-state index contributed by atoms with van der Waals surface area (Å²) in [5, 5.41) is 27.6. The SMILES string of the molecule is O[C@@H]1[C@H](O)[C@H]2COC(O2)[C@H]1O. The summed E-state index contributed by atoms with van der Waals surface area (Å²) in [7, 11) is 0. The van der Waals surface area contributed by atoms with Gasteiger partial charge in [-0.2, -0.15) is 0 Å². The maximum absolute atomic E-state index is 9.22. The van der Waals surface area contributed by atoms with E-state index in [-0.39, 0.29) is 6.61 Å². The van der Waals surface area contributed by atoms with Crippen molar-refractivity contribution in [3.8, 4) is 0 Å². The Hall–Kier alpha value is -0.200. The molecule has 0 spiro atoms. The van der Waals surface area contributed by atoms with Crippen molar-refractivity contribution in [3.05, 3.63) is 0 Å². The highest BCUT2D eigenvalue weighted by Gasteiger charge is 2.48. The van der Waals surface area contributed by atoms with E-state index in [4.69, 9.17) is 14.6 Å². The summed E-state index contributed by atoms with van der Waals surface area (Å²) in [5.41, 5.74) is 0. The van der Waals surface area contributed by atoms with Crippen molar-refractivity contribution < 1.29 is 24.8 Å². The molecule has 3 N–H and O–H groups in total. The van der Waals surface area contributed by atoms with E-state index in [0.29, 0.717) is 0 Å². The second-order valence-corrected chi connectivity index (χ2v) is 2.85. The van der Waals surface area contributed by atoms with Crippen LogP contribution in [-0.4, -0.2) is 52.6 Å². The molecule has 11 heavy (non-hydrogen) atoms. The lowest BCUT2D eigenvalue weighted by Crippen LogP contribution is -2.53. The zero-order valence-corrected chi connectivity index (χ0v) is 5.75. The molecule has 5 atom stereocenters. The van der Waals surface area contributed by atoms with E-state index in [1.54, 1.807) is 0 Å². The normalized spacial score (nSPS) is 56.5. The van der Waals surface area contributed by atoms with Crippen molar-refractivity contribution in [1.82, 2.24) is 0 Å². The molecular formula is C6H10O5. The summed E-state index contributed by atoms with van der Waals surface area (Å²) >= 11 is 0. The smallest absolute Gasteiger partial charge is 0.186 e. The average Bonchev–Trinajstić information content (AvgIpc) is 2.44. The van der Waals surface area contributed by atoms with Crippen LogP contribution in [0, 0.1) is 0 Å². The molecule has 2 bridgehead atoms. The fourth-order valence-corrected chi connectivity index (χ4v) is 1.38. The molecule has 0 amide bonds. The van der Waals surface area contributed by atoms with Crippen LogP contribution < -0.4 is 0 Å². The van der Waals surface area contributed by atoms with Crippen LogP contribution in [0.2, 0.25) is 0 Å². The first-order valence-corrected chi connectivity index (χ1v) is 3.51. The predicted molar refractivity (Wildman–Crippen MR) is 32.6 cm³/mol. The van der Waals surface area contributed by atoms with Crippen LogP contribution in [0.5, 0.6) is 0 Å². The monoisotopic (exact) mass is 162 g/mol. The maximum atomic E-state index is 9.22. The van der Waals surface area contributed by atoms with Gasteiger partial charge in [-0.05, 0) is 0 Å². The summed E-state index contributed by atoms with van der Waals surface area (Å²) in [6, 6.07) is 0. The molecule has 0 aromatic heterocycles. The Kier molecular flexibility index (Phi) is 1.62. The van der Waals surface area contributed by atoms with E-state index in [9.17, 15) is 10.2 Å². The molecule has 0 aromatic carbocycles. The topological polar surface area (TPSA) is 79.2 Å². The zero-order valence-electron chi connectivity index (χ0n) is 5.75. The van der Waals surface area contributed by atoms with Crippen LogP contribution in [0.15, 0.2) is 0 Å². The van der Waals surface area contributed by atoms with Gasteiger partial charge in [0.2, 0.25) is 0 Å². The quantitative estimate of drug-likeness (QED) is 0.377. The lowest BCUT2D eigenvalue weighted by molar-refractivity contribution is -0.228. The van der Waals surface area contributed by atoms with Crippen molar-refractivity contribution in [2.75, 3.05) is 6.61 Å². The van der Waals surface area contributed by atoms with Crippen LogP contribution in [0.4, 0.5) is 0 Å².